The summed E-state index contributed by atoms with van der Waals surface area (Å²) in [5.41, 5.74) is -0.0492. The molecule has 0 aromatic heterocycles. The summed E-state index contributed by atoms with van der Waals surface area (Å²) < 4.78 is 47.5. The summed E-state index contributed by atoms with van der Waals surface area (Å²) in [6.07, 6.45) is 0.605. The second-order valence-corrected chi connectivity index (χ2v) is 8.44. The Labute approximate surface area is 153 Å². The van der Waals surface area contributed by atoms with E-state index in [1.165, 1.54) is 24.3 Å². The molecule has 1 atom stereocenters. The molecule has 0 unspecified atom stereocenters. The van der Waals surface area contributed by atoms with E-state index in [4.69, 9.17) is 4.74 Å². The average Bonchev–Trinajstić information content (AvgIpc) is 3.04. The predicted molar refractivity (Wildman–Crippen MR) is 98.1 cm³/mol. The van der Waals surface area contributed by atoms with Crippen molar-refractivity contribution in [3.63, 3.8) is 0 Å². The molecular weight excluding hydrogens is 355 g/mol. The van der Waals surface area contributed by atoms with E-state index in [1.54, 1.807) is 24.3 Å². The van der Waals surface area contributed by atoms with Crippen LogP contribution in [-0.2, 0) is 15.6 Å². The Morgan fingerprint density at radius 1 is 1.12 bits per heavy atom. The SMILES string of the molecule is CC(C)Oc1ccc(S(=O)(=O)N[C@]2(c3ccc(F)cc3)CCNC2)cc1. The fourth-order valence-corrected chi connectivity index (χ4v) is 4.56. The van der Waals surface area contributed by atoms with Gasteiger partial charge in [0.05, 0.1) is 16.5 Å². The summed E-state index contributed by atoms with van der Waals surface area (Å²) in [6, 6.07) is 12.3. The molecule has 0 aliphatic carbocycles. The minimum absolute atomic E-state index is 0.0156. The lowest BCUT2D eigenvalue weighted by atomic mass is 9.90. The Morgan fingerprint density at radius 3 is 2.31 bits per heavy atom. The Bertz CT molecular complexity index is 843. The van der Waals surface area contributed by atoms with E-state index in [9.17, 15) is 12.8 Å². The van der Waals surface area contributed by atoms with Gasteiger partial charge in [-0.2, -0.15) is 4.72 Å². The monoisotopic (exact) mass is 378 g/mol. The quantitative estimate of drug-likeness (QED) is 0.811. The Kier molecular flexibility index (Phi) is 5.32. The molecule has 2 aromatic carbocycles. The van der Waals surface area contributed by atoms with Crippen LogP contribution in [0.2, 0.25) is 0 Å². The molecule has 0 radical (unpaired) electrons. The third kappa shape index (κ3) is 4.06. The topological polar surface area (TPSA) is 67.4 Å². The molecule has 2 aromatic rings. The Balaban J connectivity index is 1.87. The van der Waals surface area contributed by atoms with Crippen LogP contribution >= 0.6 is 0 Å². The van der Waals surface area contributed by atoms with Gasteiger partial charge >= 0.3 is 0 Å². The van der Waals surface area contributed by atoms with Crippen LogP contribution in [-0.4, -0.2) is 27.6 Å². The molecule has 0 amide bonds. The summed E-state index contributed by atoms with van der Waals surface area (Å²) >= 11 is 0. The van der Waals surface area contributed by atoms with Gasteiger partial charge in [0.1, 0.15) is 11.6 Å². The van der Waals surface area contributed by atoms with Gasteiger partial charge in [-0.25, -0.2) is 12.8 Å². The Morgan fingerprint density at radius 2 is 1.77 bits per heavy atom. The first-order valence-electron chi connectivity index (χ1n) is 8.58. The highest BCUT2D eigenvalue weighted by Gasteiger charge is 2.39. The molecule has 0 saturated carbocycles. The van der Waals surface area contributed by atoms with E-state index in [-0.39, 0.29) is 16.8 Å². The number of benzene rings is 2. The van der Waals surface area contributed by atoms with Crippen molar-refractivity contribution in [2.45, 2.75) is 36.8 Å². The minimum atomic E-state index is -3.74. The van der Waals surface area contributed by atoms with Gasteiger partial charge in [0, 0.05) is 6.54 Å². The lowest BCUT2D eigenvalue weighted by Crippen LogP contribution is -2.47. The van der Waals surface area contributed by atoms with Crippen molar-refractivity contribution in [2.24, 2.45) is 0 Å². The van der Waals surface area contributed by atoms with E-state index in [2.05, 4.69) is 10.0 Å². The number of sulfonamides is 1. The summed E-state index contributed by atoms with van der Waals surface area (Å²) in [4.78, 5) is 0.169. The van der Waals surface area contributed by atoms with E-state index in [0.717, 1.165) is 5.56 Å². The maximum absolute atomic E-state index is 13.3. The van der Waals surface area contributed by atoms with E-state index >= 15 is 0 Å². The van der Waals surface area contributed by atoms with Crippen molar-refractivity contribution in [3.05, 3.63) is 59.9 Å². The summed E-state index contributed by atoms with van der Waals surface area (Å²) in [5.74, 6) is 0.271. The highest BCUT2D eigenvalue weighted by molar-refractivity contribution is 7.89. The van der Waals surface area contributed by atoms with Crippen LogP contribution < -0.4 is 14.8 Å². The molecular formula is C19H23FN2O3S. The molecule has 140 valence electrons. The van der Waals surface area contributed by atoms with Crippen LogP contribution in [0.3, 0.4) is 0 Å². The first-order chi connectivity index (χ1) is 12.3. The number of rotatable bonds is 6. The number of nitrogens with one attached hydrogen (secondary N) is 2. The molecule has 3 rings (SSSR count). The zero-order valence-electron chi connectivity index (χ0n) is 14.8. The maximum atomic E-state index is 13.3. The van der Waals surface area contributed by atoms with Crippen molar-refractivity contribution in [2.75, 3.05) is 13.1 Å². The third-order valence-electron chi connectivity index (χ3n) is 4.39. The van der Waals surface area contributed by atoms with Crippen LogP contribution in [0.4, 0.5) is 4.39 Å². The van der Waals surface area contributed by atoms with Crippen LogP contribution in [0, 0.1) is 5.82 Å². The van der Waals surface area contributed by atoms with Gasteiger partial charge in [-0.15, -0.1) is 0 Å². The van der Waals surface area contributed by atoms with Crippen molar-refractivity contribution in [1.82, 2.24) is 10.0 Å². The van der Waals surface area contributed by atoms with Crippen LogP contribution in [0.5, 0.6) is 5.75 Å². The van der Waals surface area contributed by atoms with Gasteiger partial charge < -0.3 is 10.1 Å². The molecule has 1 aliphatic rings. The van der Waals surface area contributed by atoms with Crippen LogP contribution in [0.25, 0.3) is 0 Å². The van der Waals surface area contributed by atoms with Crippen molar-refractivity contribution < 1.29 is 17.5 Å². The molecule has 1 heterocycles. The van der Waals surface area contributed by atoms with Crippen molar-refractivity contribution >= 4 is 10.0 Å². The van der Waals surface area contributed by atoms with E-state index < -0.39 is 15.6 Å². The lowest BCUT2D eigenvalue weighted by Gasteiger charge is -2.30. The second-order valence-electron chi connectivity index (χ2n) is 6.76. The lowest BCUT2D eigenvalue weighted by molar-refractivity contribution is 0.242. The van der Waals surface area contributed by atoms with Gasteiger partial charge in [0.15, 0.2) is 0 Å². The smallest absolute Gasteiger partial charge is 0.241 e. The number of ether oxygens (including phenoxy) is 1. The standard InChI is InChI=1S/C19H23FN2O3S/c1-14(2)25-17-7-9-18(10-8-17)26(23,24)22-19(11-12-21-13-19)15-3-5-16(20)6-4-15/h3-10,14,21-22H,11-13H2,1-2H3/t19-/m1/s1. The highest BCUT2D eigenvalue weighted by atomic mass is 32.2. The molecule has 0 bridgehead atoms. The van der Waals surface area contributed by atoms with E-state index in [0.29, 0.717) is 25.3 Å². The average molecular weight is 378 g/mol. The molecule has 26 heavy (non-hydrogen) atoms. The summed E-state index contributed by atoms with van der Waals surface area (Å²) in [6.45, 7) is 4.95. The molecule has 1 aliphatic heterocycles. The summed E-state index contributed by atoms with van der Waals surface area (Å²) in [5, 5.41) is 3.19. The van der Waals surface area contributed by atoms with Crippen LogP contribution in [0.1, 0.15) is 25.8 Å². The molecule has 0 spiro atoms. The fourth-order valence-electron chi connectivity index (χ4n) is 3.14. The van der Waals surface area contributed by atoms with Crippen LogP contribution in [0.15, 0.2) is 53.4 Å². The Hall–Kier alpha value is -1.96. The second kappa shape index (κ2) is 7.34. The zero-order valence-corrected chi connectivity index (χ0v) is 15.6. The fraction of sp³-hybridized carbons (Fsp3) is 0.368. The predicted octanol–water partition coefficient (Wildman–Crippen LogP) is 2.78. The van der Waals surface area contributed by atoms with Crippen molar-refractivity contribution in [1.29, 1.82) is 0 Å². The normalized spacial score (nSPS) is 20.5. The molecule has 1 fully saturated rings. The van der Waals surface area contributed by atoms with E-state index in [1.807, 2.05) is 13.8 Å². The number of hydrogen-bond acceptors (Lipinski definition) is 4. The first kappa shape index (κ1) is 18.8. The number of hydrogen-bond donors (Lipinski definition) is 2. The van der Waals surface area contributed by atoms with Crippen molar-refractivity contribution in [3.8, 4) is 5.75 Å². The van der Waals surface area contributed by atoms with Gasteiger partial charge in [-0.1, -0.05) is 12.1 Å². The molecule has 1 saturated heterocycles. The summed E-state index contributed by atoms with van der Waals surface area (Å²) in [7, 11) is -3.74. The molecule has 2 N–H and O–H groups in total. The minimum Gasteiger partial charge on any atom is -0.491 e. The highest BCUT2D eigenvalue weighted by Crippen LogP contribution is 2.30. The maximum Gasteiger partial charge on any atom is 0.241 e. The zero-order chi connectivity index (χ0) is 18.8. The van der Waals surface area contributed by atoms with Gasteiger partial charge in [0.25, 0.3) is 0 Å². The largest absolute Gasteiger partial charge is 0.491 e. The third-order valence-corrected chi connectivity index (χ3v) is 5.94. The van der Waals surface area contributed by atoms with Gasteiger partial charge in [-0.05, 0) is 68.8 Å². The number of halogens is 1. The first-order valence-corrected chi connectivity index (χ1v) is 10.1. The molecule has 5 nitrogen and oxygen atoms in total. The van der Waals surface area contributed by atoms with Gasteiger partial charge in [-0.3, -0.25) is 0 Å². The van der Waals surface area contributed by atoms with Gasteiger partial charge in [0.2, 0.25) is 10.0 Å². The molecule has 7 heteroatoms.